The Hall–Kier alpha value is -0.320. The molecule has 4 fully saturated rings. The molecule has 3 saturated carbocycles. The first-order chi connectivity index (χ1) is 12.9. The van der Waals surface area contributed by atoms with Crippen molar-refractivity contribution >= 4 is 18.4 Å². The summed E-state index contributed by atoms with van der Waals surface area (Å²) in [6.07, 6.45) is 11.6. The number of fused-ring (bicyclic) bond motifs is 5. The maximum Gasteiger partial charge on any atom is 0.172 e. The minimum absolute atomic E-state index is 0.224. The Labute approximate surface area is 169 Å². The number of allylic oxidation sites excluding steroid dienone is 1. The second-order valence-corrected chi connectivity index (χ2v) is 10.5. The molecule has 0 amide bonds. The Balaban J connectivity index is 1.47. The fourth-order valence-corrected chi connectivity index (χ4v) is 8.71. The van der Waals surface area contributed by atoms with Gasteiger partial charge in [-0.15, -0.1) is 0 Å². The summed E-state index contributed by atoms with van der Waals surface area (Å²) in [4.78, 5) is 12.3. The predicted octanol–water partition coefficient (Wildman–Crippen LogP) is 4.81. The zero-order chi connectivity index (χ0) is 18.9. The Morgan fingerprint density at radius 2 is 1.93 bits per heavy atom. The van der Waals surface area contributed by atoms with Gasteiger partial charge in [-0.3, -0.25) is 4.79 Å². The van der Waals surface area contributed by atoms with Gasteiger partial charge in [0.05, 0.1) is 13.2 Å². The van der Waals surface area contributed by atoms with Gasteiger partial charge < -0.3 is 9.47 Å². The van der Waals surface area contributed by atoms with E-state index in [0.717, 1.165) is 56.5 Å². The molecule has 0 aromatic carbocycles. The molecule has 5 aliphatic rings. The number of ketones is 1. The largest absolute Gasteiger partial charge is 0.347 e. The minimum atomic E-state index is -0.346. The molecule has 3 unspecified atom stereocenters. The molecule has 1 aliphatic heterocycles. The summed E-state index contributed by atoms with van der Waals surface area (Å²) in [7, 11) is 0. The normalized spacial score (nSPS) is 47.9. The highest BCUT2D eigenvalue weighted by Gasteiger charge is 2.61. The summed E-state index contributed by atoms with van der Waals surface area (Å²) in [6.45, 7) is 5.72. The maximum absolute atomic E-state index is 12.3. The minimum Gasteiger partial charge on any atom is -0.347 e. The van der Waals surface area contributed by atoms with E-state index in [4.69, 9.17) is 22.1 Å². The molecular formula is C23H34O3S. The third-order valence-electron chi connectivity index (χ3n) is 9.42. The average molecular weight is 391 g/mol. The molecule has 150 valence electrons. The molecule has 6 atom stereocenters. The lowest BCUT2D eigenvalue weighted by Crippen LogP contribution is -2.54. The second-order valence-electron chi connectivity index (χ2n) is 10.2. The van der Waals surface area contributed by atoms with E-state index in [9.17, 15) is 4.79 Å². The molecular weight excluding hydrogens is 356 g/mol. The number of carbonyl (C=O) groups is 1. The first kappa shape index (κ1) is 18.7. The first-order valence-corrected chi connectivity index (χ1v) is 11.7. The Morgan fingerprint density at radius 3 is 2.63 bits per heavy atom. The van der Waals surface area contributed by atoms with Crippen LogP contribution in [0.4, 0.5) is 0 Å². The zero-order valence-corrected chi connectivity index (χ0v) is 17.7. The first-order valence-electron chi connectivity index (χ1n) is 11.0. The van der Waals surface area contributed by atoms with Crippen molar-refractivity contribution in [3.8, 4) is 0 Å². The summed E-state index contributed by atoms with van der Waals surface area (Å²) >= 11 is 4.92. The number of Topliss-reactive ketones (excluding diaryl/α,β-unsaturated/α-hetero) is 1. The quantitative estimate of drug-likeness (QED) is 0.543. The van der Waals surface area contributed by atoms with Crippen molar-refractivity contribution in [2.75, 3.05) is 19.0 Å². The number of ether oxygens (including phenoxy) is 2. The molecule has 0 N–H and O–H groups in total. The van der Waals surface area contributed by atoms with Gasteiger partial charge in [-0.25, -0.2) is 0 Å². The summed E-state index contributed by atoms with van der Waals surface area (Å²) in [5, 5.41) is 0. The molecule has 1 heterocycles. The summed E-state index contributed by atoms with van der Waals surface area (Å²) in [5.41, 5.74) is 2.02. The van der Waals surface area contributed by atoms with Gasteiger partial charge in [0, 0.05) is 24.2 Å². The Bertz CT molecular complexity index is 667. The Morgan fingerprint density at radius 1 is 1.15 bits per heavy atom. The van der Waals surface area contributed by atoms with Gasteiger partial charge in [-0.05, 0) is 74.4 Å². The van der Waals surface area contributed by atoms with E-state index in [1.54, 1.807) is 5.57 Å². The van der Waals surface area contributed by atoms with E-state index in [-0.39, 0.29) is 22.5 Å². The Kier molecular flexibility index (Phi) is 4.39. The molecule has 27 heavy (non-hydrogen) atoms. The van der Waals surface area contributed by atoms with Crippen LogP contribution in [0.5, 0.6) is 0 Å². The van der Waals surface area contributed by atoms with Gasteiger partial charge >= 0.3 is 0 Å². The van der Waals surface area contributed by atoms with Crippen LogP contribution in [0.25, 0.3) is 0 Å². The zero-order valence-electron chi connectivity index (χ0n) is 16.8. The number of hydrogen-bond donors (Lipinski definition) is 1. The van der Waals surface area contributed by atoms with Crippen molar-refractivity contribution in [2.45, 2.75) is 71.0 Å². The van der Waals surface area contributed by atoms with Crippen molar-refractivity contribution in [1.82, 2.24) is 0 Å². The molecule has 1 saturated heterocycles. The van der Waals surface area contributed by atoms with Gasteiger partial charge in [0.25, 0.3) is 0 Å². The van der Waals surface area contributed by atoms with Gasteiger partial charge in [0.1, 0.15) is 5.78 Å². The lowest BCUT2D eigenvalue weighted by Gasteiger charge is -2.59. The molecule has 0 aromatic heterocycles. The van der Waals surface area contributed by atoms with Crippen molar-refractivity contribution in [1.29, 1.82) is 0 Å². The maximum atomic E-state index is 12.3. The number of carbonyl (C=O) groups excluding carboxylic acids is 1. The van der Waals surface area contributed by atoms with Crippen molar-refractivity contribution < 1.29 is 14.3 Å². The van der Waals surface area contributed by atoms with Crippen LogP contribution in [0.1, 0.15) is 65.2 Å². The van der Waals surface area contributed by atoms with Crippen LogP contribution in [0, 0.1) is 34.5 Å². The monoisotopic (exact) mass is 390 g/mol. The number of rotatable bonds is 2. The molecule has 4 heteroatoms. The fraction of sp³-hybridized carbons (Fsp3) is 0.870. The lowest BCUT2D eigenvalue weighted by molar-refractivity contribution is -0.184. The molecule has 1 spiro atoms. The van der Waals surface area contributed by atoms with Gasteiger partial charge in [-0.1, -0.05) is 18.6 Å². The molecule has 0 radical (unpaired) electrons. The predicted molar refractivity (Wildman–Crippen MR) is 109 cm³/mol. The second kappa shape index (κ2) is 6.34. The van der Waals surface area contributed by atoms with Crippen LogP contribution in [-0.2, 0) is 14.3 Å². The average Bonchev–Trinajstić information content (AvgIpc) is 3.25. The SMILES string of the molecule is CC(=O)[C@H]1CCC2C3CC=C4CC5(CC[C@]4(CS)C3CC[C@@]21C)OCCO5. The summed E-state index contributed by atoms with van der Waals surface area (Å²) < 4.78 is 12.1. The van der Waals surface area contributed by atoms with E-state index in [2.05, 4.69) is 13.0 Å². The standard InChI is InChI=1S/C23H34O3S/c1-15(24)18-5-6-19-17-4-3-16-13-23(25-11-12-26-23)10-9-22(16,14-27)20(17)7-8-21(18,19)2/h3,17-20,27H,4-14H2,1-2H3/t17?,18-,19?,20?,21-,22-/m1/s1. The fourth-order valence-electron chi connectivity index (χ4n) is 8.12. The molecule has 0 aromatic rings. The van der Waals surface area contributed by atoms with Crippen LogP contribution in [-0.4, -0.2) is 30.5 Å². The molecule has 4 aliphatic carbocycles. The summed E-state index contributed by atoms with van der Waals surface area (Å²) in [5.74, 6) is 3.45. The van der Waals surface area contributed by atoms with Gasteiger partial charge in [0.2, 0.25) is 0 Å². The van der Waals surface area contributed by atoms with Crippen LogP contribution < -0.4 is 0 Å². The molecule has 5 rings (SSSR count). The lowest BCUT2D eigenvalue weighted by atomic mass is 9.47. The highest BCUT2D eigenvalue weighted by Crippen LogP contribution is 2.67. The topological polar surface area (TPSA) is 35.5 Å². The molecule has 0 bridgehead atoms. The van der Waals surface area contributed by atoms with Crippen molar-refractivity contribution in [3.05, 3.63) is 11.6 Å². The van der Waals surface area contributed by atoms with Crippen LogP contribution in [0.3, 0.4) is 0 Å². The number of thiol groups is 1. The van der Waals surface area contributed by atoms with E-state index < -0.39 is 0 Å². The summed E-state index contributed by atoms with van der Waals surface area (Å²) in [6, 6.07) is 0. The van der Waals surface area contributed by atoms with Crippen LogP contribution in [0.2, 0.25) is 0 Å². The van der Waals surface area contributed by atoms with E-state index >= 15 is 0 Å². The van der Waals surface area contributed by atoms with Crippen molar-refractivity contribution in [3.63, 3.8) is 0 Å². The third kappa shape index (κ3) is 2.51. The molecule has 3 nitrogen and oxygen atoms in total. The van der Waals surface area contributed by atoms with E-state index in [1.807, 2.05) is 6.92 Å². The van der Waals surface area contributed by atoms with Crippen molar-refractivity contribution in [2.24, 2.45) is 34.5 Å². The van der Waals surface area contributed by atoms with Crippen LogP contribution in [0.15, 0.2) is 11.6 Å². The smallest absolute Gasteiger partial charge is 0.172 e. The third-order valence-corrected chi connectivity index (χ3v) is 9.99. The van der Waals surface area contributed by atoms with E-state index in [0.29, 0.717) is 11.7 Å². The number of hydrogen-bond acceptors (Lipinski definition) is 4. The highest BCUT2D eigenvalue weighted by atomic mass is 32.1. The highest BCUT2D eigenvalue weighted by molar-refractivity contribution is 7.80. The van der Waals surface area contributed by atoms with Gasteiger partial charge in [-0.2, -0.15) is 12.6 Å². The van der Waals surface area contributed by atoms with Gasteiger partial charge in [0.15, 0.2) is 5.79 Å². The van der Waals surface area contributed by atoms with E-state index in [1.165, 1.54) is 25.7 Å². The van der Waals surface area contributed by atoms with Crippen LogP contribution >= 0.6 is 12.6 Å².